The van der Waals surface area contributed by atoms with Crippen molar-refractivity contribution in [1.29, 1.82) is 0 Å². The van der Waals surface area contributed by atoms with Gasteiger partial charge in [-0.3, -0.25) is 0 Å². The van der Waals surface area contributed by atoms with Crippen LogP contribution in [0.15, 0.2) is 39.5 Å². The lowest BCUT2D eigenvalue weighted by Crippen LogP contribution is -2.02. The van der Waals surface area contributed by atoms with E-state index in [1.54, 1.807) is 11.3 Å². The summed E-state index contributed by atoms with van der Waals surface area (Å²) in [5, 5.41) is 8.18. The molecular weight excluding hydrogens is 270 g/mol. The third-order valence-electron chi connectivity index (χ3n) is 3.24. The van der Waals surface area contributed by atoms with E-state index in [1.165, 1.54) is 5.56 Å². The highest BCUT2D eigenvalue weighted by molar-refractivity contribution is 7.08. The van der Waals surface area contributed by atoms with Crippen LogP contribution >= 0.6 is 11.3 Å². The standard InChI is InChI=1S/C15H15N3OS/c1-10-8-20-9-13(10)15-17-14(19-18-15)6-11-4-2-3-5-12(11)7-16/h2-5,8-9H,6-7,16H2,1H3. The summed E-state index contributed by atoms with van der Waals surface area (Å²) in [7, 11) is 0. The molecule has 20 heavy (non-hydrogen) atoms. The van der Waals surface area contributed by atoms with Crippen LogP contribution in [0.3, 0.4) is 0 Å². The molecule has 3 aromatic rings. The molecule has 0 aliphatic carbocycles. The largest absolute Gasteiger partial charge is 0.339 e. The van der Waals surface area contributed by atoms with Crippen molar-refractivity contribution in [2.75, 3.05) is 0 Å². The van der Waals surface area contributed by atoms with Crippen LogP contribution in [0.25, 0.3) is 11.4 Å². The van der Waals surface area contributed by atoms with Crippen molar-refractivity contribution in [3.8, 4) is 11.4 Å². The smallest absolute Gasteiger partial charge is 0.231 e. The van der Waals surface area contributed by atoms with Gasteiger partial charge in [0.1, 0.15) is 0 Å². The van der Waals surface area contributed by atoms with E-state index >= 15 is 0 Å². The summed E-state index contributed by atoms with van der Waals surface area (Å²) in [6.45, 7) is 2.56. The van der Waals surface area contributed by atoms with Crippen LogP contribution < -0.4 is 5.73 Å². The van der Waals surface area contributed by atoms with Gasteiger partial charge in [-0.1, -0.05) is 29.4 Å². The van der Waals surface area contributed by atoms with Gasteiger partial charge in [-0.25, -0.2) is 0 Å². The molecule has 2 heterocycles. The zero-order chi connectivity index (χ0) is 13.9. The SMILES string of the molecule is Cc1cscc1-c1noc(Cc2ccccc2CN)n1. The predicted molar refractivity (Wildman–Crippen MR) is 79.5 cm³/mol. The summed E-state index contributed by atoms with van der Waals surface area (Å²) < 4.78 is 5.35. The summed E-state index contributed by atoms with van der Waals surface area (Å²) in [5.74, 6) is 1.27. The first-order valence-electron chi connectivity index (χ1n) is 6.40. The summed E-state index contributed by atoms with van der Waals surface area (Å²) in [5.41, 5.74) is 10.2. The van der Waals surface area contributed by atoms with E-state index in [-0.39, 0.29) is 0 Å². The molecule has 0 amide bonds. The number of nitrogens with zero attached hydrogens (tertiary/aromatic N) is 2. The molecular formula is C15H15N3OS. The number of rotatable bonds is 4. The van der Waals surface area contributed by atoms with E-state index in [1.807, 2.05) is 36.6 Å². The van der Waals surface area contributed by atoms with Crippen molar-refractivity contribution < 1.29 is 4.52 Å². The van der Waals surface area contributed by atoms with Crippen LogP contribution in [0.1, 0.15) is 22.6 Å². The minimum absolute atomic E-state index is 0.515. The van der Waals surface area contributed by atoms with Crippen molar-refractivity contribution in [1.82, 2.24) is 10.1 Å². The Morgan fingerprint density at radius 1 is 1.20 bits per heavy atom. The second-order valence-electron chi connectivity index (χ2n) is 4.63. The molecule has 4 nitrogen and oxygen atoms in total. The lowest BCUT2D eigenvalue weighted by atomic mass is 10.0. The molecule has 1 aromatic carbocycles. The van der Waals surface area contributed by atoms with Gasteiger partial charge in [0, 0.05) is 17.5 Å². The molecule has 0 fully saturated rings. The molecule has 0 saturated heterocycles. The van der Waals surface area contributed by atoms with E-state index in [0.717, 1.165) is 16.7 Å². The molecule has 0 unspecified atom stereocenters. The van der Waals surface area contributed by atoms with Crippen LogP contribution in [0.5, 0.6) is 0 Å². The van der Waals surface area contributed by atoms with Gasteiger partial charge in [0.2, 0.25) is 11.7 Å². The lowest BCUT2D eigenvalue weighted by Gasteiger charge is -2.03. The Labute approximate surface area is 121 Å². The zero-order valence-electron chi connectivity index (χ0n) is 11.2. The molecule has 2 N–H and O–H groups in total. The Kier molecular flexibility index (Phi) is 3.62. The van der Waals surface area contributed by atoms with Crippen LogP contribution in [0.4, 0.5) is 0 Å². The minimum atomic E-state index is 0.515. The minimum Gasteiger partial charge on any atom is -0.339 e. The van der Waals surface area contributed by atoms with Gasteiger partial charge in [0.25, 0.3) is 0 Å². The lowest BCUT2D eigenvalue weighted by molar-refractivity contribution is 0.385. The van der Waals surface area contributed by atoms with Gasteiger partial charge in [0.15, 0.2) is 0 Å². The summed E-state index contributed by atoms with van der Waals surface area (Å²) in [6.07, 6.45) is 0.615. The molecule has 0 aliphatic heterocycles. The molecule has 5 heteroatoms. The van der Waals surface area contributed by atoms with E-state index in [9.17, 15) is 0 Å². The Morgan fingerprint density at radius 3 is 2.70 bits per heavy atom. The zero-order valence-corrected chi connectivity index (χ0v) is 12.0. The highest BCUT2D eigenvalue weighted by Crippen LogP contribution is 2.24. The van der Waals surface area contributed by atoms with E-state index < -0.39 is 0 Å². The van der Waals surface area contributed by atoms with Crippen LogP contribution in [-0.2, 0) is 13.0 Å². The first kappa shape index (κ1) is 13.0. The van der Waals surface area contributed by atoms with Crippen molar-refractivity contribution >= 4 is 11.3 Å². The second-order valence-corrected chi connectivity index (χ2v) is 5.37. The monoisotopic (exact) mass is 285 g/mol. The molecule has 0 atom stereocenters. The van der Waals surface area contributed by atoms with Gasteiger partial charge in [-0.05, 0) is 29.0 Å². The highest BCUT2D eigenvalue weighted by Gasteiger charge is 2.12. The number of aryl methyl sites for hydroxylation is 1. The van der Waals surface area contributed by atoms with E-state index in [4.69, 9.17) is 10.3 Å². The second kappa shape index (κ2) is 5.56. The quantitative estimate of drug-likeness (QED) is 0.799. The van der Waals surface area contributed by atoms with E-state index in [0.29, 0.717) is 24.7 Å². The highest BCUT2D eigenvalue weighted by atomic mass is 32.1. The number of thiophene rings is 1. The van der Waals surface area contributed by atoms with Gasteiger partial charge in [0.05, 0.1) is 6.42 Å². The molecule has 0 saturated carbocycles. The van der Waals surface area contributed by atoms with Crippen molar-refractivity contribution in [2.45, 2.75) is 19.9 Å². The Balaban J connectivity index is 1.86. The topological polar surface area (TPSA) is 64.9 Å². The summed E-state index contributed by atoms with van der Waals surface area (Å²) in [4.78, 5) is 4.47. The van der Waals surface area contributed by atoms with Gasteiger partial charge < -0.3 is 10.3 Å². The number of nitrogens with two attached hydrogens (primary N) is 1. The van der Waals surface area contributed by atoms with Gasteiger partial charge >= 0.3 is 0 Å². The Hall–Kier alpha value is -1.98. The fraction of sp³-hybridized carbons (Fsp3) is 0.200. The molecule has 102 valence electrons. The normalized spacial score (nSPS) is 10.9. The molecule has 0 spiro atoms. The van der Waals surface area contributed by atoms with Crippen molar-refractivity contribution in [2.24, 2.45) is 5.73 Å². The average molecular weight is 285 g/mol. The molecule has 0 aliphatic rings. The Morgan fingerprint density at radius 2 is 2.00 bits per heavy atom. The maximum atomic E-state index is 5.74. The molecule has 3 rings (SSSR count). The Bertz CT molecular complexity index is 717. The van der Waals surface area contributed by atoms with Gasteiger partial charge in [-0.2, -0.15) is 16.3 Å². The number of hydrogen-bond acceptors (Lipinski definition) is 5. The van der Waals surface area contributed by atoms with Crippen LogP contribution in [0, 0.1) is 6.92 Å². The molecule has 2 aromatic heterocycles. The maximum absolute atomic E-state index is 5.74. The molecule has 0 bridgehead atoms. The average Bonchev–Trinajstić information content (AvgIpc) is 3.08. The van der Waals surface area contributed by atoms with Crippen molar-refractivity contribution in [3.05, 3.63) is 57.6 Å². The number of hydrogen-bond donors (Lipinski definition) is 1. The summed E-state index contributed by atoms with van der Waals surface area (Å²) >= 11 is 1.64. The first-order chi connectivity index (χ1) is 9.78. The van der Waals surface area contributed by atoms with Gasteiger partial charge in [-0.15, -0.1) is 0 Å². The van der Waals surface area contributed by atoms with E-state index in [2.05, 4.69) is 15.5 Å². The third kappa shape index (κ3) is 2.50. The fourth-order valence-electron chi connectivity index (χ4n) is 2.12. The number of benzene rings is 1. The van der Waals surface area contributed by atoms with Crippen LogP contribution in [0.2, 0.25) is 0 Å². The van der Waals surface area contributed by atoms with Crippen LogP contribution in [-0.4, -0.2) is 10.1 Å². The third-order valence-corrected chi connectivity index (χ3v) is 4.11. The fourth-order valence-corrected chi connectivity index (χ4v) is 2.94. The maximum Gasteiger partial charge on any atom is 0.231 e. The summed E-state index contributed by atoms with van der Waals surface area (Å²) in [6, 6.07) is 8.05. The first-order valence-corrected chi connectivity index (χ1v) is 7.35. The molecule has 0 radical (unpaired) electrons. The predicted octanol–water partition coefficient (Wildman–Crippen LogP) is 3.16. The van der Waals surface area contributed by atoms with Crippen molar-refractivity contribution in [3.63, 3.8) is 0 Å². The number of aromatic nitrogens is 2.